The van der Waals surface area contributed by atoms with Crippen molar-refractivity contribution in [1.82, 2.24) is 4.90 Å². The molecule has 0 aliphatic carbocycles. The number of hydrogen-bond acceptors (Lipinski definition) is 4. The highest BCUT2D eigenvalue weighted by Gasteiger charge is 2.30. The van der Waals surface area contributed by atoms with Gasteiger partial charge in [0.1, 0.15) is 11.3 Å². The Kier molecular flexibility index (Phi) is 6.74. The Labute approximate surface area is 145 Å². The van der Waals surface area contributed by atoms with Gasteiger partial charge in [0.05, 0.1) is 7.11 Å². The van der Waals surface area contributed by atoms with Crippen molar-refractivity contribution >= 4 is 35.2 Å². The zero-order valence-electron chi connectivity index (χ0n) is 13.3. The number of carbonyl (C=O) groups is 2. The predicted octanol–water partition coefficient (Wildman–Crippen LogP) is 1.08. The average molecular weight is 358 g/mol. The lowest BCUT2D eigenvalue weighted by molar-refractivity contribution is -0.683. The molecule has 0 unspecified atom stereocenters. The Balaban J connectivity index is 1.87. The number of esters is 1. The van der Waals surface area contributed by atoms with Gasteiger partial charge in [0.15, 0.2) is 6.54 Å². The van der Waals surface area contributed by atoms with Crippen LogP contribution in [-0.2, 0) is 14.3 Å². The van der Waals surface area contributed by atoms with E-state index in [2.05, 4.69) is 0 Å². The van der Waals surface area contributed by atoms with Gasteiger partial charge in [-0.25, -0.2) is 0 Å². The summed E-state index contributed by atoms with van der Waals surface area (Å²) in [6.45, 7) is 3.46. The van der Waals surface area contributed by atoms with Crippen LogP contribution in [0.4, 0.5) is 0 Å². The molecule has 5 nitrogen and oxygen atoms in total. The molecule has 1 heterocycles. The second-order valence-corrected chi connectivity index (χ2v) is 7.19. The van der Waals surface area contributed by atoms with E-state index in [-0.39, 0.29) is 23.2 Å². The standard InChI is InChI=1S/C16H21ClN2O3S/c1-11(12-5-3-4-6-13(12)17)18-9-15(20)19-7-8-23-14(10-19)16(21)22-2/h3-6,11,14,18H,7-10H2,1-2H3/p+1/t11-,14-/m1/s1. The summed E-state index contributed by atoms with van der Waals surface area (Å²) < 4.78 is 4.77. The quantitative estimate of drug-likeness (QED) is 0.801. The van der Waals surface area contributed by atoms with Crippen LogP contribution in [0.1, 0.15) is 18.5 Å². The molecule has 0 bridgehead atoms. The summed E-state index contributed by atoms with van der Waals surface area (Å²) in [5.74, 6) is 0.532. The minimum atomic E-state index is -0.279. The Morgan fingerprint density at radius 1 is 1.48 bits per heavy atom. The zero-order valence-corrected chi connectivity index (χ0v) is 14.9. The molecule has 1 saturated heterocycles. The first-order valence-corrected chi connectivity index (χ1v) is 9.00. The van der Waals surface area contributed by atoms with E-state index < -0.39 is 0 Å². The second-order valence-electron chi connectivity index (χ2n) is 5.47. The van der Waals surface area contributed by atoms with Gasteiger partial charge in [-0.15, -0.1) is 11.8 Å². The summed E-state index contributed by atoms with van der Waals surface area (Å²) in [6.07, 6.45) is 0. The SMILES string of the molecule is COC(=O)[C@H]1CN(C(=O)C[NH2+][C@H](C)c2ccccc2Cl)CCS1. The summed E-state index contributed by atoms with van der Waals surface area (Å²) in [5, 5.41) is 2.40. The number of quaternary nitrogens is 1. The van der Waals surface area contributed by atoms with Gasteiger partial charge in [0, 0.05) is 29.4 Å². The van der Waals surface area contributed by atoms with Crippen LogP contribution in [0.2, 0.25) is 5.02 Å². The minimum absolute atomic E-state index is 0.0399. The van der Waals surface area contributed by atoms with E-state index >= 15 is 0 Å². The Hall–Kier alpha value is -1.24. The second kappa shape index (κ2) is 8.57. The van der Waals surface area contributed by atoms with Crippen molar-refractivity contribution in [2.75, 3.05) is 32.5 Å². The Morgan fingerprint density at radius 2 is 2.22 bits per heavy atom. The molecular formula is C16H22ClN2O3S+. The highest BCUT2D eigenvalue weighted by molar-refractivity contribution is 8.00. The molecule has 1 aliphatic heterocycles. The van der Waals surface area contributed by atoms with Gasteiger partial charge in [-0.3, -0.25) is 9.59 Å². The molecule has 0 aromatic heterocycles. The predicted molar refractivity (Wildman–Crippen MR) is 91.5 cm³/mol. The lowest BCUT2D eigenvalue weighted by Crippen LogP contribution is -2.87. The van der Waals surface area contributed by atoms with Crippen LogP contribution in [0.15, 0.2) is 24.3 Å². The van der Waals surface area contributed by atoms with Gasteiger partial charge in [-0.05, 0) is 13.0 Å². The first kappa shape index (κ1) is 18.1. The molecule has 1 amide bonds. The zero-order chi connectivity index (χ0) is 16.8. The van der Waals surface area contributed by atoms with Crippen LogP contribution < -0.4 is 5.32 Å². The molecule has 7 heteroatoms. The topological polar surface area (TPSA) is 63.2 Å². The molecule has 1 fully saturated rings. The Bertz CT molecular complexity index is 570. The average Bonchev–Trinajstić information content (AvgIpc) is 2.59. The minimum Gasteiger partial charge on any atom is -0.468 e. The number of hydrogen-bond donors (Lipinski definition) is 1. The van der Waals surface area contributed by atoms with Gasteiger partial charge in [0.25, 0.3) is 5.91 Å². The number of carbonyl (C=O) groups excluding carboxylic acids is 2. The molecule has 0 saturated carbocycles. The number of ether oxygens (including phenoxy) is 1. The van der Waals surface area contributed by atoms with Crippen LogP contribution in [-0.4, -0.2) is 54.5 Å². The van der Waals surface area contributed by atoms with Crippen molar-refractivity contribution in [2.45, 2.75) is 18.2 Å². The fourth-order valence-corrected chi connectivity index (χ4v) is 3.96. The Morgan fingerprint density at radius 3 is 2.91 bits per heavy atom. The van der Waals surface area contributed by atoms with Gasteiger partial charge in [-0.1, -0.05) is 29.8 Å². The maximum Gasteiger partial charge on any atom is 0.320 e. The van der Waals surface area contributed by atoms with Crippen LogP contribution in [0, 0.1) is 0 Å². The summed E-state index contributed by atoms with van der Waals surface area (Å²) in [5.41, 5.74) is 1.02. The van der Waals surface area contributed by atoms with Crippen molar-refractivity contribution in [1.29, 1.82) is 0 Å². The normalized spacial score (nSPS) is 19.3. The first-order valence-electron chi connectivity index (χ1n) is 7.58. The molecule has 23 heavy (non-hydrogen) atoms. The number of nitrogens with two attached hydrogens (primary N) is 1. The lowest BCUT2D eigenvalue weighted by atomic mass is 10.1. The third-order valence-electron chi connectivity index (χ3n) is 3.93. The number of rotatable bonds is 5. The van der Waals surface area contributed by atoms with Crippen LogP contribution in [0.5, 0.6) is 0 Å². The van der Waals surface area contributed by atoms with Crippen molar-refractivity contribution in [3.63, 3.8) is 0 Å². The highest BCUT2D eigenvalue weighted by atomic mass is 35.5. The highest BCUT2D eigenvalue weighted by Crippen LogP contribution is 2.20. The summed E-state index contributed by atoms with van der Waals surface area (Å²) in [4.78, 5) is 25.7. The third kappa shape index (κ3) is 4.86. The maximum atomic E-state index is 12.4. The van der Waals surface area contributed by atoms with Crippen molar-refractivity contribution in [3.8, 4) is 0 Å². The lowest BCUT2D eigenvalue weighted by Gasteiger charge is -2.30. The van der Waals surface area contributed by atoms with E-state index in [4.69, 9.17) is 16.3 Å². The van der Waals surface area contributed by atoms with Gasteiger partial charge >= 0.3 is 5.97 Å². The fraction of sp³-hybridized carbons (Fsp3) is 0.500. The van der Waals surface area contributed by atoms with Crippen LogP contribution >= 0.6 is 23.4 Å². The van der Waals surface area contributed by atoms with Crippen molar-refractivity contribution < 1.29 is 19.6 Å². The molecule has 2 N–H and O–H groups in total. The molecular weight excluding hydrogens is 336 g/mol. The molecule has 1 aromatic carbocycles. The molecule has 2 rings (SSSR count). The molecule has 2 atom stereocenters. The molecule has 0 radical (unpaired) electrons. The summed E-state index contributed by atoms with van der Waals surface area (Å²) in [6, 6.07) is 7.76. The van der Waals surface area contributed by atoms with Crippen molar-refractivity contribution in [2.24, 2.45) is 0 Å². The van der Waals surface area contributed by atoms with E-state index in [1.54, 1.807) is 16.7 Å². The molecule has 126 valence electrons. The smallest absolute Gasteiger partial charge is 0.320 e. The fourth-order valence-electron chi connectivity index (χ4n) is 2.53. The number of benzene rings is 1. The van der Waals surface area contributed by atoms with Crippen LogP contribution in [0.3, 0.4) is 0 Å². The monoisotopic (exact) mass is 357 g/mol. The maximum absolute atomic E-state index is 12.4. The van der Waals surface area contributed by atoms with Gasteiger partial charge in [0.2, 0.25) is 0 Å². The van der Waals surface area contributed by atoms with E-state index in [1.165, 1.54) is 7.11 Å². The number of methoxy groups -OCH3 is 1. The van der Waals surface area contributed by atoms with Crippen molar-refractivity contribution in [3.05, 3.63) is 34.9 Å². The number of thioether (sulfide) groups is 1. The van der Waals surface area contributed by atoms with E-state index in [0.29, 0.717) is 24.7 Å². The summed E-state index contributed by atoms with van der Waals surface area (Å²) >= 11 is 7.73. The van der Waals surface area contributed by atoms with Gasteiger partial charge < -0.3 is 15.0 Å². The van der Waals surface area contributed by atoms with E-state index in [1.807, 2.05) is 36.5 Å². The first-order chi connectivity index (χ1) is 11.0. The number of amides is 1. The largest absolute Gasteiger partial charge is 0.468 e. The molecule has 1 aromatic rings. The number of halogens is 1. The molecule has 1 aliphatic rings. The van der Waals surface area contributed by atoms with E-state index in [0.717, 1.165) is 11.3 Å². The molecule has 0 spiro atoms. The van der Waals surface area contributed by atoms with Gasteiger partial charge in [-0.2, -0.15) is 0 Å². The van der Waals surface area contributed by atoms with E-state index in [9.17, 15) is 9.59 Å². The summed E-state index contributed by atoms with van der Waals surface area (Å²) in [7, 11) is 1.38. The third-order valence-corrected chi connectivity index (χ3v) is 5.43. The number of nitrogens with zero attached hydrogens (tertiary/aromatic N) is 1. The van der Waals surface area contributed by atoms with Crippen LogP contribution in [0.25, 0.3) is 0 Å².